The van der Waals surface area contributed by atoms with Gasteiger partial charge in [-0.15, -0.1) is 0 Å². The number of hydrogen-bond acceptors (Lipinski definition) is 3. The Hall–Kier alpha value is -3.21. The SMILES string of the molecule is CCc1cc(/C=C/C(CC)c2cc(C)c(F)c(-n3ccc(N)nc3=O)c2)ccc1C. The number of nitrogens with two attached hydrogens (primary N) is 1. The van der Waals surface area contributed by atoms with Crippen molar-refractivity contribution in [2.75, 3.05) is 5.73 Å². The summed E-state index contributed by atoms with van der Waals surface area (Å²) in [6.45, 7) is 8.08. The first-order valence-corrected chi connectivity index (χ1v) is 10.3. The molecule has 0 radical (unpaired) electrons. The molecule has 0 spiro atoms. The second kappa shape index (κ2) is 9.08. The van der Waals surface area contributed by atoms with Crippen LogP contribution in [0.3, 0.4) is 0 Å². The van der Waals surface area contributed by atoms with Crippen LogP contribution in [0.25, 0.3) is 11.8 Å². The quantitative estimate of drug-likeness (QED) is 0.602. The Morgan fingerprint density at radius 3 is 2.57 bits per heavy atom. The number of nitrogens with zero attached hydrogens (tertiary/aromatic N) is 2. The molecule has 3 aromatic rings. The number of benzene rings is 2. The molecule has 0 bridgehead atoms. The first kappa shape index (κ1) is 21.5. The van der Waals surface area contributed by atoms with Crippen LogP contribution in [0.1, 0.15) is 54.0 Å². The van der Waals surface area contributed by atoms with E-state index >= 15 is 0 Å². The smallest absolute Gasteiger partial charge is 0.354 e. The fourth-order valence-corrected chi connectivity index (χ4v) is 3.65. The van der Waals surface area contributed by atoms with Crippen LogP contribution in [0.15, 0.2) is 53.5 Å². The molecule has 0 fully saturated rings. The zero-order valence-corrected chi connectivity index (χ0v) is 17.9. The Labute approximate surface area is 176 Å². The Morgan fingerprint density at radius 2 is 1.90 bits per heavy atom. The van der Waals surface area contributed by atoms with Crippen LogP contribution in [0.4, 0.5) is 10.2 Å². The van der Waals surface area contributed by atoms with Gasteiger partial charge in [-0.3, -0.25) is 4.57 Å². The molecular weight excluding hydrogens is 377 g/mol. The topological polar surface area (TPSA) is 60.9 Å². The molecule has 0 aliphatic rings. The zero-order chi connectivity index (χ0) is 21.8. The second-order valence-corrected chi connectivity index (χ2v) is 7.59. The van der Waals surface area contributed by atoms with Gasteiger partial charge < -0.3 is 5.73 Å². The van der Waals surface area contributed by atoms with Crippen molar-refractivity contribution in [3.05, 3.63) is 92.8 Å². The number of nitrogen functional groups attached to an aromatic ring is 1. The van der Waals surface area contributed by atoms with Gasteiger partial charge in [0.1, 0.15) is 11.6 Å². The summed E-state index contributed by atoms with van der Waals surface area (Å²) in [6, 6.07) is 11.5. The van der Waals surface area contributed by atoms with E-state index in [9.17, 15) is 9.18 Å². The zero-order valence-electron chi connectivity index (χ0n) is 17.9. The van der Waals surface area contributed by atoms with Crippen LogP contribution in [-0.4, -0.2) is 9.55 Å². The van der Waals surface area contributed by atoms with Crippen molar-refractivity contribution >= 4 is 11.9 Å². The van der Waals surface area contributed by atoms with Crippen molar-refractivity contribution in [1.29, 1.82) is 0 Å². The minimum absolute atomic E-state index is 0.0897. The van der Waals surface area contributed by atoms with E-state index in [-0.39, 0.29) is 17.4 Å². The molecule has 3 rings (SSSR count). The van der Waals surface area contributed by atoms with E-state index < -0.39 is 11.5 Å². The average Bonchev–Trinajstić information content (AvgIpc) is 2.72. The largest absolute Gasteiger partial charge is 0.383 e. The summed E-state index contributed by atoms with van der Waals surface area (Å²) in [6.07, 6.45) is 7.56. The summed E-state index contributed by atoms with van der Waals surface area (Å²) in [7, 11) is 0. The van der Waals surface area contributed by atoms with Gasteiger partial charge in [0.25, 0.3) is 0 Å². The monoisotopic (exact) mass is 405 g/mol. The lowest BCUT2D eigenvalue weighted by molar-refractivity contribution is 0.603. The van der Waals surface area contributed by atoms with Gasteiger partial charge in [-0.05, 0) is 66.6 Å². The highest BCUT2D eigenvalue weighted by Crippen LogP contribution is 2.28. The van der Waals surface area contributed by atoms with Crippen molar-refractivity contribution < 1.29 is 4.39 Å². The second-order valence-electron chi connectivity index (χ2n) is 7.59. The van der Waals surface area contributed by atoms with Gasteiger partial charge in [-0.2, -0.15) is 4.98 Å². The number of halogens is 1. The van der Waals surface area contributed by atoms with Crippen molar-refractivity contribution in [3.8, 4) is 5.69 Å². The molecule has 0 aliphatic heterocycles. The average molecular weight is 406 g/mol. The lowest BCUT2D eigenvalue weighted by Gasteiger charge is -2.16. The fourth-order valence-electron chi connectivity index (χ4n) is 3.65. The van der Waals surface area contributed by atoms with E-state index in [2.05, 4.69) is 56.1 Å². The molecule has 0 saturated carbocycles. The lowest BCUT2D eigenvalue weighted by Crippen LogP contribution is -2.23. The standard InChI is InChI=1S/C25H28FN3O/c1-5-19(10-9-18-8-7-16(3)20(6-2)14-18)21-13-17(4)24(26)22(15-21)29-12-11-23(27)28-25(29)30/h7-15,19H,5-6H2,1-4H3,(H2,27,28,30)/b10-9+. The number of hydrogen-bond donors (Lipinski definition) is 1. The summed E-state index contributed by atoms with van der Waals surface area (Å²) in [5, 5.41) is 0. The summed E-state index contributed by atoms with van der Waals surface area (Å²) >= 11 is 0. The van der Waals surface area contributed by atoms with Crippen LogP contribution in [0.2, 0.25) is 0 Å². The van der Waals surface area contributed by atoms with Crippen LogP contribution in [0, 0.1) is 19.7 Å². The number of aryl methyl sites for hydroxylation is 3. The molecule has 1 unspecified atom stereocenters. The molecule has 0 amide bonds. The molecule has 2 aromatic carbocycles. The Morgan fingerprint density at radius 1 is 1.13 bits per heavy atom. The Kier molecular flexibility index (Phi) is 6.50. The molecule has 5 heteroatoms. The lowest BCUT2D eigenvalue weighted by atomic mass is 9.92. The van der Waals surface area contributed by atoms with Gasteiger partial charge in [-0.25, -0.2) is 9.18 Å². The molecule has 1 heterocycles. The van der Waals surface area contributed by atoms with E-state index in [1.807, 2.05) is 6.07 Å². The third-order valence-corrected chi connectivity index (χ3v) is 5.49. The maximum absolute atomic E-state index is 14.9. The van der Waals surface area contributed by atoms with Gasteiger partial charge in [0.2, 0.25) is 0 Å². The highest BCUT2D eigenvalue weighted by atomic mass is 19.1. The first-order chi connectivity index (χ1) is 14.3. The van der Waals surface area contributed by atoms with Gasteiger partial charge in [0.15, 0.2) is 0 Å². The van der Waals surface area contributed by atoms with Crippen LogP contribution >= 0.6 is 0 Å². The fraction of sp³-hybridized carbons (Fsp3) is 0.280. The number of allylic oxidation sites excluding steroid dienone is 1. The molecule has 1 atom stereocenters. The maximum atomic E-state index is 14.9. The minimum atomic E-state index is -0.596. The molecule has 1 aromatic heterocycles. The summed E-state index contributed by atoms with van der Waals surface area (Å²) in [4.78, 5) is 16.0. The van der Waals surface area contributed by atoms with Crippen LogP contribution in [0.5, 0.6) is 0 Å². The number of aromatic nitrogens is 2. The maximum Gasteiger partial charge on any atom is 0.354 e. The van der Waals surface area contributed by atoms with Crippen molar-refractivity contribution in [2.45, 2.75) is 46.5 Å². The Bertz CT molecular complexity index is 1150. The molecule has 4 nitrogen and oxygen atoms in total. The van der Waals surface area contributed by atoms with Gasteiger partial charge >= 0.3 is 5.69 Å². The summed E-state index contributed by atoms with van der Waals surface area (Å²) in [5.41, 5.74) is 10.4. The van der Waals surface area contributed by atoms with Crippen LogP contribution in [-0.2, 0) is 6.42 Å². The summed E-state index contributed by atoms with van der Waals surface area (Å²) in [5.74, 6) is -0.229. The van der Waals surface area contributed by atoms with Crippen LogP contribution < -0.4 is 11.4 Å². The van der Waals surface area contributed by atoms with E-state index in [1.54, 1.807) is 13.0 Å². The number of rotatable bonds is 6. The Balaban J connectivity index is 2.01. The minimum Gasteiger partial charge on any atom is -0.383 e. The van der Waals surface area contributed by atoms with E-state index in [0.29, 0.717) is 5.56 Å². The van der Waals surface area contributed by atoms with E-state index in [1.165, 1.54) is 28.0 Å². The van der Waals surface area contributed by atoms with Crippen molar-refractivity contribution in [1.82, 2.24) is 9.55 Å². The van der Waals surface area contributed by atoms with Crippen molar-refractivity contribution in [3.63, 3.8) is 0 Å². The van der Waals surface area contributed by atoms with E-state index in [0.717, 1.165) is 24.0 Å². The first-order valence-electron chi connectivity index (χ1n) is 10.3. The molecule has 0 aliphatic carbocycles. The van der Waals surface area contributed by atoms with Crippen molar-refractivity contribution in [2.24, 2.45) is 0 Å². The predicted molar refractivity (Wildman–Crippen MR) is 122 cm³/mol. The predicted octanol–water partition coefficient (Wildman–Crippen LogP) is 5.34. The van der Waals surface area contributed by atoms with E-state index in [4.69, 9.17) is 5.73 Å². The molecule has 156 valence electrons. The van der Waals surface area contributed by atoms with Gasteiger partial charge in [-0.1, -0.05) is 50.3 Å². The third-order valence-electron chi connectivity index (χ3n) is 5.49. The highest BCUT2D eigenvalue weighted by Gasteiger charge is 2.15. The van der Waals surface area contributed by atoms with Gasteiger partial charge in [0.05, 0.1) is 5.69 Å². The normalized spacial score (nSPS) is 12.4. The number of anilines is 1. The molecule has 2 N–H and O–H groups in total. The molecular formula is C25H28FN3O. The third kappa shape index (κ3) is 4.51. The van der Waals surface area contributed by atoms with Gasteiger partial charge in [0, 0.05) is 12.1 Å². The molecule has 0 saturated heterocycles. The molecule has 30 heavy (non-hydrogen) atoms. The highest BCUT2D eigenvalue weighted by molar-refractivity contribution is 5.54. The summed E-state index contributed by atoms with van der Waals surface area (Å²) < 4.78 is 16.1.